The molecule has 0 aliphatic heterocycles. The molecule has 0 rings (SSSR count). The van der Waals surface area contributed by atoms with Gasteiger partial charge in [-0.2, -0.15) is 0 Å². The Morgan fingerprint density at radius 1 is 1.06 bits per heavy atom. The molecule has 1 unspecified atom stereocenters. The van der Waals surface area contributed by atoms with Crippen molar-refractivity contribution in [1.82, 2.24) is 0 Å². The van der Waals surface area contributed by atoms with E-state index in [0.29, 0.717) is 0 Å². The van der Waals surface area contributed by atoms with Crippen molar-refractivity contribution in [3.8, 4) is 0 Å². The van der Waals surface area contributed by atoms with Gasteiger partial charge in [0.05, 0.1) is 0 Å². The molecule has 0 aromatic heterocycles. The van der Waals surface area contributed by atoms with Crippen molar-refractivity contribution in [2.75, 3.05) is 7.11 Å². The average Bonchev–Trinajstić information content (AvgIpc) is 2.30. The molecule has 0 fully saturated rings. The molecule has 5 heteroatoms. The summed E-state index contributed by atoms with van der Waals surface area (Å²) in [6.07, 6.45) is 1.69. The van der Waals surface area contributed by atoms with Crippen molar-refractivity contribution in [1.29, 1.82) is 0 Å². The van der Waals surface area contributed by atoms with E-state index in [9.17, 15) is 8.42 Å². The molecule has 98 valence electrons. The van der Waals surface area contributed by atoms with Gasteiger partial charge >= 0.3 is 103 Å². The summed E-state index contributed by atoms with van der Waals surface area (Å²) in [5.41, 5.74) is 0. The van der Waals surface area contributed by atoms with Crippen molar-refractivity contribution in [3.05, 3.63) is 0 Å². The molecule has 0 aromatic carbocycles. The van der Waals surface area contributed by atoms with Crippen LogP contribution in [0.15, 0.2) is 0 Å². The van der Waals surface area contributed by atoms with Gasteiger partial charge in [0.2, 0.25) is 0 Å². The molecule has 0 saturated carbocycles. The van der Waals surface area contributed by atoms with Crippen molar-refractivity contribution in [3.63, 3.8) is 0 Å². The van der Waals surface area contributed by atoms with E-state index in [1.807, 2.05) is 6.92 Å². The first kappa shape index (κ1) is 16.5. The van der Waals surface area contributed by atoms with Gasteiger partial charge in [-0.3, -0.25) is 0 Å². The zero-order valence-corrected chi connectivity index (χ0v) is 14.2. The van der Waals surface area contributed by atoms with E-state index in [2.05, 4.69) is 20.8 Å². The molecule has 0 aliphatic rings. The van der Waals surface area contributed by atoms with Crippen LogP contribution in [-0.4, -0.2) is 32.9 Å². The molecule has 0 aliphatic carbocycles. The van der Waals surface area contributed by atoms with Crippen LogP contribution in [0.3, 0.4) is 0 Å². The SMILES string of the molecule is CCC[CH](S(=O)(=O)OC)[Ge]([CH2]C)([CH2]C)[CH2]C. The van der Waals surface area contributed by atoms with Crippen LogP contribution >= 0.6 is 0 Å². The van der Waals surface area contributed by atoms with E-state index in [1.165, 1.54) is 7.11 Å². The topological polar surface area (TPSA) is 43.4 Å². The summed E-state index contributed by atoms with van der Waals surface area (Å²) in [5, 5.41) is 3.21. The van der Waals surface area contributed by atoms with E-state index >= 15 is 0 Å². The molecular formula is C11H26GeO3S. The molecule has 1 atom stereocenters. The van der Waals surface area contributed by atoms with E-state index in [4.69, 9.17) is 4.18 Å². The molecule has 0 saturated heterocycles. The van der Waals surface area contributed by atoms with E-state index < -0.39 is 23.4 Å². The van der Waals surface area contributed by atoms with E-state index in [0.717, 1.165) is 28.6 Å². The van der Waals surface area contributed by atoms with Crippen LogP contribution in [0.2, 0.25) is 15.8 Å². The van der Waals surface area contributed by atoms with Gasteiger partial charge in [-0.05, 0) is 0 Å². The quantitative estimate of drug-likeness (QED) is 0.511. The maximum absolute atomic E-state index is 12.0. The minimum absolute atomic E-state index is 0.178. The Morgan fingerprint density at radius 3 is 1.75 bits per heavy atom. The number of hydrogen-bond donors (Lipinski definition) is 0. The molecule has 0 amide bonds. The van der Waals surface area contributed by atoms with Crippen LogP contribution in [0, 0.1) is 0 Å². The molecule has 0 aromatic rings. The second kappa shape index (κ2) is 7.01. The van der Waals surface area contributed by atoms with Crippen molar-refractivity contribution >= 4 is 23.4 Å². The van der Waals surface area contributed by atoms with Gasteiger partial charge in [0.1, 0.15) is 0 Å². The second-order valence-electron chi connectivity index (χ2n) is 4.36. The zero-order chi connectivity index (χ0) is 12.8. The first-order valence-electron chi connectivity index (χ1n) is 6.23. The third-order valence-electron chi connectivity index (χ3n) is 3.93. The van der Waals surface area contributed by atoms with Gasteiger partial charge in [0, 0.05) is 0 Å². The van der Waals surface area contributed by atoms with Crippen molar-refractivity contribution in [2.45, 2.75) is 60.4 Å². The first-order valence-corrected chi connectivity index (χ1v) is 13.4. The maximum atomic E-state index is 12.0. The van der Waals surface area contributed by atoms with Gasteiger partial charge in [0.25, 0.3) is 0 Å². The first-order chi connectivity index (χ1) is 7.44. The van der Waals surface area contributed by atoms with Gasteiger partial charge in [-0.15, -0.1) is 0 Å². The minimum atomic E-state index is -3.33. The molecule has 0 heterocycles. The fourth-order valence-electron chi connectivity index (χ4n) is 2.57. The number of hydrogen-bond acceptors (Lipinski definition) is 3. The van der Waals surface area contributed by atoms with Gasteiger partial charge < -0.3 is 0 Å². The number of rotatable bonds is 8. The summed E-state index contributed by atoms with van der Waals surface area (Å²) in [6, 6.07) is 0. The summed E-state index contributed by atoms with van der Waals surface area (Å²) in [6.45, 7) is 8.51. The summed E-state index contributed by atoms with van der Waals surface area (Å²) >= 11 is -2.30. The summed E-state index contributed by atoms with van der Waals surface area (Å²) in [5.74, 6) is 0. The summed E-state index contributed by atoms with van der Waals surface area (Å²) in [4.78, 5) is 0. The van der Waals surface area contributed by atoms with Crippen molar-refractivity contribution in [2.24, 2.45) is 0 Å². The summed E-state index contributed by atoms with van der Waals surface area (Å²) < 4.78 is 28.7. The van der Waals surface area contributed by atoms with Crippen LogP contribution < -0.4 is 0 Å². The Balaban J connectivity index is 5.31. The molecule has 16 heavy (non-hydrogen) atoms. The average molecular weight is 311 g/mol. The summed E-state index contributed by atoms with van der Waals surface area (Å²) in [7, 11) is -2.04. The Morgan fingerprint density at radius 2 is 1.50 bits per heavy atom. The monoisotopic (exact) mass is 312 g/mol. The van der Waals surface area contributed by atoms with Crippen LogP contribution in [0.25, 0.3) is 0 Å². The molecule has 0 radical (unpaired) electrons. The van der Waals surface area contributed by atoms with Crippen LogP contribution in [0.4, 0.5) is 0 Å². The third kappa shape index (κ3) is 3.47. The molecule has 3 nitrogen and oxygen atoms in total. The Kier molecular flexibility index (Phi) is 7.21. The molecule has 0 spiro atoms. The normalized spacial score (nSPS) is 15.1. The molecular weight excluding hydrogens is 285 g/mol. The van der Waals surface area contributed by atoms with Gasteiger partial charge in [-0.1, -0.05) is 0 Å². The second-order valence-corrected chi connectivity index (χ2v) is 18.8. The zero-order valence-electron chi connectivity index (χ0n) is 11.2. The Labute approximate surface area is 103 Å². The van der Waals surface area contributed by atoms with E-state index in [-0.39, 0.29) is 4.08 Å². The third-order valence-corrected chi connectivity index (χ3v) is 22.1. The van der Waals surface area contributed by atoms with E-state index in [1.54, 1.807) is 0 Å². The standard InChI is InChI=1S/C11H26GeO3S/c1-6-10-11(16(13,14)15-5)12(7-2,8-3)9-4/h11H,6-10H2,1-5H3. The van der Waals surface area contributed by atoms with Crippen molar-refractivity contribution < 1.29 is 12.6 Å². The van der Waals surface area contributed by atoms with Gasteiger partial charge in [0.15, 0.2) is 0 Å². The van der Waals surface area contributed by atoms with Crippen LogP contribution in [0.5, 0.6) is 0 Å². The predicted octanol–water partition coefficient (Wildman–Crippen LogP) is 3.18. The Bertz CT molecular complexity index is 275. The van der Waals surface area contributed by atoms with Crippen LogP contribution in [0.1, 0.15) is 40.5 Å². The Hall–Kier alpha value is 0.453. The molecule has 0 N–H and O–H groups in total. The molecule has 0 bridgehead atoms. The fraction of sp³-hybridized carbons (Fsp3) is 1.00. The van der Waals surface area contributed by atoms with Gasteiger partial charge in [-0.25, -0.2) is 0 Å². The fourth-order valence-corrected chi connectivity index (χ4v) is 18.9. The predicted molar refractivity (Wildman–Crippen MR) is 71.8 cm³/mol. The van der Waals surface area contributed by atoms with Crippen LogP contribution in [-0.2, 0) is 14.3 Å².